The molecule has 0 radical (unpaired) electrons. The van der Waals surface area contributed by atoms with Crippen LogP contribution in [0.2, 0.25) is 0 Å². The highest BCUT2D eigenvalue weighted by molar-refractivity contribution is 5.95. The average molecular weight is 362 g/mol. The number of amides is 2. The smallest absolute Gasteiger partial charge is 0.253 e. The number of H-pyrrole nitrogens is 1. The summed E-state index contributed by atoms with van der Waals surface area (Å²) in [7, 11) is 0. The monoisotopic (exact) mass is 362 g/mol. The normalized spacial score (nSPS) is 23.2. The second kappa shape index (κ2) is 8.68. The highest BCUT2D eigenvalue weighted by atomic mass is 16.3. The van der Waals surface area contributed by atoms with E-state index < -0.39 is 0 Å². The van der Waals surface area contributed by atoms with E-state index in [2.05, 4.69) is 20.5 Å². The summed E-state index contributed by atoms with van der Waals surface area (Å²) >= 11 is 0. The third-order valence-electron chi connectivity index (χ3n) is 5.49. The first kappa shape index (κ1) is 18.9. The highest BCUT2D eigenvalue weighted by Crippen LogP contribution is 2.35. The highest BCUT2D eigenvalue weighted by Gasteiger charge is 2.38. The van der Waals surface area contributed by atoms with Crippen molar-refractivity contribution in [2.24, 2.45) is 5.92 Å². The molecule has 0 spiro atoms. The topological polar surface area (TPSA) is 97.5 Å². The number of aliphatic hydroxyl groups is 1. The van der Waals surface area contributed by atoms with Gasteiger partial charge in [-0.3, -0.25) is 14.5 Å². The van der Waals surface area contributed by atoms with Gasteiger partial charge in [-0.05, 0) is 44.6 Å². The van der Waals surface area contributed by atoms with Gasteiger partial charge in [0, 0.05) is 50.0 Å². The van der Waals surface area contributed by atoms with Crippen LogP contribution in [0.5, 0.6) is 0 Å². The minimum Gasteiger partial charge on any atom is -0.395 e. The van der Waals surface area contributed by atoms with Crippen molar-refractivity contribution in [1.29, 1.82) is 0 Å². The lowest BCUT2D eigenvalue weighted by atomic mass is 10.1. The molecule has 2 aliphatic rings. The number of carbonyl (C=O) groups excluding carboxylic acids is 2. The number of hydrogen-bond donors (Lipinski definition) is 4. The van der Waals surface area contributed by atoms with E-state index in [-0.39, 0.29) is 30.5 Å². The maximum Gasteiger partial charge on any atom is 0.253 e. The zero-order valence-electron chi connectivity index (χ0n) is 15.5. The fourth-order valence-corrected chi connectivity index (χ4v) is 3.84. The summed E-state index contributed by atoms with van der Waals surface area (Å²) < 4.78 is 0. The molecule has 3 rings (SSSR count). The Labute approximate surface area is 154 Å². The molecule has 0 unspecified atom stereocenters. The largest absolute Gasteiger partial charge is 0.395 e. The summed E-state index contributed by atoms with van der Waals surface area (Å²) in [6.45, 7) is 3.80. The molecule has 1 saturated heterocycles. The third kappa shape index (κ3) is 4.86. The molecule has 1 aromatic rings. The summed E-state index contributed by atoms with van der Waals surface area (Å²) in [5.74, 6) is 0.693. The Hall–Kier alpha value is -1.86. The van der Waals surface area contributed by atoms with E-state index in [0.29, 0.717) is 25.1 Å². The van der Waals surface area contributed by atoms with Gasteiger partial charge in [0.2, 0.25) is 5.91 Å². The van der Waals surface area contributed by atoms with Crippen LogP contribution < -0.4 is 10.6 Å². The Balaban J connectivity index is 1.54. The lowest BCUT2D eigenvalue weighted by Gasteiger charge is -2.30. The molecule has 2 amide bonds. The van der Waals surface area contributed by atoms with Crippen LogP contribution in [-0.2, 0) is 4.79 Å². The number of aromatic amines is 1. The number of aryl methyl sites for hydroxylation is 1. The molecular formula is C19H30N4O3. The Bertz CT molecular complexity index is 626. The van der Waals surface area contributed by atoms with Crippen LogP contribution in [0.3, 0.4) is 0 Å². The van der Waals surface area contributed by atoms with Crippen LogP contribution in [0.25, 0.3) is 0 Å². The van der Waals surface area contributed by atoms with Gasteiger partial charge in [-0.1, -0.05) is 0 Å². The number of rotatable bonds is 9. The SMILES string of the molecule is Cc1[nH]ccc1C(=O)NC[C@@H]1CC[C@H](CC(=O)NCCO)N1CC1CC1. The minimum absolute atomic E-state index is 0.00233. The molecule has 1 saturated carbocycles. The number of carbonyl (C=O) groups is 2. The Morgan fingerprint density at radius 3 is 2.65 bits per heavy atom. The van der Waals surface area contributed by atoms with E-state index in [1.54, 1.807) is 12.3 Å². The van der Waals surface area contributed by atoms with Crippen LogP contribution in [0.1, 0.15) is 48.2 Å². The molecule has 7 nitrogen and oxygen atoms in total. The maximum atomic E-state index is 12.4. The minimum atomic E-state index is -0.0424. The van der Waals surface area contributed by atoms with Crippen LogP contribution in [-0.4, -0.2) is 65.1 Å². The summed E-state index contributed by atoms with van der Waals surface area (Å²) in [6.07, 6.45) is 6.75. The number of nitrogens with zero attached hydrogens (tertiary/aromatic N) is 1. The number of likely N-dealkylation sites (tertiary alicyclic amines) is 1. The van der Waals surface area contributed by atoms with Crippen molar-refractivity contribution in [2.75, 3.05) is 26.2 Å². The lowest BCUT2D eigenvalue weighted by Crippen LogP contribution is -2.45. The molecule has 2 heterocycles. The number of hydrogen-bond acceptors (Lipinski definition) is 4. The van der Waals surface area contributed by atoms with Crippen molar-refractivity contribution in [3.05, 3.63) is 23.5 Å². The molecule has 0 aromatic carbocycles. The summed E-state index contributed by atoms with van der Waals surface area (Å²) in [6, 6.07) is 2.31. The molecule has 2 atom stereocenters. The van der Waals surface area contributed by atoms with E-state index >= 15 is 0 Å². The first-order chi connectivity index (χ1) is 12.6. The molecule has 1 aromatic heterocycles. The predicted molar refractivity (Wildman–Crippen MR) is 98.8 cm³/mol. The predicted octanol–water partition coefficient (Wildman–Crippen LogP) is 0.795. The second-order valence-corrected chi connectivity index (χ2v) is 7.53. The van der Waals surface area contributed by atoms with Crippen molar-refractivity contribution in [1.82, 2.24) is 20.5 Å². The fourth-order valence-electron chi connectivity index (χ4n) is 3.84. The maximum absolute atomic E-state index is 12.4. The first-order valence-electron chi connectivity index (χ1n) is 9.64. The van der Waals surface area contributed by atoms with Gasteiger partial charge in [-0.2, -0.15) is 0 Å². The van der Waals surface area contributed by atoms with Gasteiger partial charge in [0.05, 0.1) is 12.2 Å². The van der Waals surface area contributed by atoms with Gasteiger partial charge in [-0.15, -0.1) is 0 Å². The zero-order chi connectivity index (χ0) is 18.5. The molecule has 144 valence electrons. The Kier molecular flexibility index (Phi) is 6.32. The number of aliphatic hydroxyl groups excluding tert-OH is 1. The third-order valence-corrected chi connectivity index (χ3v) is 5.49. The van der Waals surface area contributed by atoms with Gasteiger partial charge in [0.15, 0.2) is 0 Å². The van der Waals surface area contributed by atoms with Crippen molar-refractivity contribution >= 4 is 11.8 Å². The van der Waals surface area contributed by atoms with Crippen LogP contribution in [0.4, 0.5) is 0 Å². The average Bonchev–Trinajstić information content (AvgIpc) is 3.22. The Morgan fingerprint density at radius 2 is 2.00 bits per heavy atom. The van der Waals surface area contributed by atoms with Crippen LogP contribution in [0.15, 0.2) is 12.3 Å². The summed E-state index contributed by atoms with van der Waals surface area (Å²) in [4.78, 5) is 29.9. The van der Waals surface area contributed by atoms with Crippen LogP contribution in [0, 0.1) is 12.8 Å². The van der Waals surface area contributed by atoms with Crippen LogP contribution >= 0.6 is 0 Å². The van der Waals surface area contributed by atoms with E-state index in [1.807, 2.05) is 6.92 Å². The van der Waals surface area contributed by atoms with E-state index in [0.717, 1.165) is 31.0 Å². The molecular weight excluding hydrogens is 332 g/mol. The van der Waals surface area contributed by atoms with Crippen molar-refractivity contribution in [2.45, 2.75) is 51.1 Å². The van der Waals surface area contributed by atoms with Gasteiger partial charge in [0.25, 0.3) is 5.91 Å². The number of nitrogens with one attached hydrogen (secondary N) is 3. The molecule has 0 bridgehead atoms. The van der Waals surface area contributed by atoms with Crippen molar-refractivity contribution in [3.8, 4) is 0 Å². The molecule has 1 aliphatic carbocycles. The van der Waals surface area contributed by atoms with E-state index in [1.165, 1.54) is 12.8 Å². The van der Waals surface area contributed by atoms with Gasteiger partial charge in [-0.25, -0.2) is 0 Å². The molecule has 7 heteroatoms. The van der Waals surface area contributed by atoms with E-state index in [4.69, 9.17) is 5.11 Å². The number of aromatic nitrogens is 1. The second-order valence-electron chi connectivity index (χ2n) is 7.53. The molecule has 1 aliphatic heterocycles. The van der Waals surface area contributed by atoms with Gasteiger partial charge in [0.1, 0.15) is 0 Å². The zero-order valence-corrected chi connectivity index (χ0v) is 15.5. The van der Waals surface area contributed by atoms with Crippen molar-refractivity contribution in [3.63, 3.8) is 0 Å². The van der Waals surface area contributed by atoms with Crippen molar-refractivity contribution < 1.29 is 14.7 Å². The quantitative estimate of drug-likeness (QED) is 0.522. The van der Waals surface area contributed by atoms with E-state index in [9.17, 15) is 9.59 Å². The lowest BCUT2D eigenvalue weighted by molar-refractivity contribution is -0.122. The van der Waals surface area contributed by atoms with Gasteiger partial charge < -0.3 is 20.7 Å². The molecule has 26 heavy (non-hydrogen) atoms. The molecule has 4 N–H and O–H groups in total. The summed E-state index contributed by atoms with van der Waals surface area (Å²) in [5.41, 5.74) is 1.57. The molecule has 2 fully saturated rings. The van der Waals surface area contributed by atoms with Gasteiger partial charge >= 0.3 is 0 Å². The fraction of sp³-hybridized carbons (Fsp3) is 0.684. The first-order valence-corrected chi connectivity index (χ1v) is 9.64. The Morgan fingerprint density at radius 1 is 1.23 bits per heavy atom. The summed E-state index contributed by atoms with van der Waals surface area (Å²) in [5, 5.41) is 14.7. The standard InChI is InChI=1S/C19H30N4O3/c1-13-17(6-7-20-13)19(26)22-11-16-5-4-15(10-18(25)21-8-9-24)23(16)12-14-2-3-14/h6-7,14-16,20,24H,2-5,8-12H2,1H3,(H,21,25)(H,22,26)/t15-,16+/m1/s1.